The third-order valence-electron chi connectivity index (χ3n) is 3.57. The minimum Gasteiger partial charge on any atom is -0.489 e. The fourth-order valence-corrected chi connectivity index (χ4v) is 2.49. The number of aromatic nitrogens is 2. The Balaban J connectivity index is 2.20. The number of hydrogen-bond acceptors (Lipinski definition) is 4. The van der Waals surface area contributed by atoms with E-state index in [0.29, 0.717) is 29.2 Å². The summed E-state index contributed by atoms with van der Waals surface area (Å²) in [5.41, 5.74) is 9.34. The second-order valence-electron chi connectivity index (χ2n) is 5.11. The number of anilines is 1. The SMILES string of the molecule is C=CCOc1ccccc1-c1cc(-c2ccc[nH]2)nc(N)c1C#N. The third kappa shape index (κ3) is 2.85. The second-order valence-corrected chi connectivity index (χ2v) is 5.11. The molecule has 3 aromatic rings. The Morgan fingerprint density at radius 3 is 2.79 bits per heavy atom. The molecule has 118 valence electrons. The van der Waals surface area contributed by atoms with Gasteiger partial charge in [0, 0.05) is 17.3 Å². The van der Waals surface area contributed by atoms with Gasteiger partial charge in [0.05, 0.1) is 11.4 Å². The zero-order valence-electron chi connectivity index (χ0n) is 13.0. The number of pyridine rings is 1. The molecular weight excluding hydrogens is 300 g/mol. The number of benzene rings is 1. The maximum absolute atomic E-state index is 9.51. The van der Waals surface area contributed by atoms with Crippen LogP contribution in [-0.4, -0.2) is 16.6 Å². The fourth-order valence-electron chi connectivity index (χ4n) is 2.49. The van der Waals surface area contributed by atoms with Gasteiger partial charge < -0.3 is 15.5 Å². The van der Waals surface area contributed by atoms with Crippen LogP contribution in [0, 0.1) is 11.3 Å². The Hall–Kier alpha value is -3.52. The van der Waals surface area contributed by atoms with Crippen molar-refractivity contribution in [1.82, 2.24) is 9.97 Å². The number of rotatable bonds is 5. The van der Waals surface area contributed by atoms with Gasteiger partial charge in [0.15, 0.2) is 0 Å². The lowest BCUT2D eigenvalue weighted by Crippen LogP contribution is -2.01. The number of nitrogens with one attached hydrogen (secondary N) is 1. The lowest BCUT2D eigenvalue weighted by atomic mass is 9.99. The molecule has 0 radical (unpaired) electrons. The molecular formula is C19H16N4O. The maximum atomic E-state index is 9.51. The van der Waals surface area contributed by atoms with Crippen molar-refractivity contribution in [1.29, 1.82) is 5.26 Å². The van der Waals surface area contributed by atoms with Crippen molar-refractivity contribution in [2.75, 3.05) is 12.3 Å². The standard InChI is InChI=1S/C19H16N4O/c1-2-10-24-18-8-4-3-6-13(18)14-11-17(16-7-5-9-22-16)23-19(21)15(14)12-20/h2-9,11,22H,1,10H2,(H2,21,23). The molecule has 0 aliphatic heterocycles. The Morgan fingerprint density at radius 2 is 2.08 bits per heavy atom. The highest BCUT2D eigenvalue weighted by Gasteiger charge is 2.16. The number of aromatic amines is 1. The highest BCUT2D eigenvalue weighted by Crippen LogP contribution is 2.36. The van der Waals surface area contributed by atoms with Crippen LogP contribution < -0.4 is 10.5 Å². The Labute approximate surface area is 140 Å². The van der Waals surface area contributed by atoms with Gasteiger partial charge in [0.1, 0.15) is 29.8 Å². The number of H-pyrrole nitrogens is 1. The normalized spacial score (nSPS) is 10.1. The van der Waals surface area contributed by atoms with Crippen molar-refractivity contribution in [3.63, 3.8) is 0 Å². The van der Waals surface area contributed by atoms with E-state index in [0.717, 1.165) is 11.3 Å². The molecule has 1 aromatic carbocycles. The van der Waals surface area contributed by atoms with E-state index in [2.05, 4.69) is 22.6 Å². The van der Waals surface area contributed by atoms with Crippen LogP contribution in [0.4, 0.5) is 5.82 Å². The first-order valence-corrected chi connectivity index (χ1v) is 7.42. The molecule has 0 saturated heterocycles. The second kappa shape index (κ2) is 6.71. The highest BCUT2D eigenvalue weighted by molar-refractivity contribution is 5.82. The smallest absolute Gasteiger partial charge is 0.142 e. The van der Waals surface area contributed by atoms with E-state index in [1.54, 1.807) is 6.08 Å². The van der Waals surface area contributed by atoms with E-state index in [1.807, 2.05) is 48.7 Å². The summed E-state index contributed by atoms with van der Waals surface area (Å²) in [5.74, 6) is 0.857. The first-order valence-electron chi connectivity index (χ1n) is 7.42. The van der Waals surface area contributed by atoms with Crippen molar-refractivity contribution in [3.8, 4) is 34.3 Å². The van der Waals surface area contributed by atoms with Gasteiger partial charge in [-0.25, -0.2) is 4.98 Å². The summed E-state index contributed by atoms with van der Waals surface area (Å²) in [6, 6.07) is 15.3. The van der Waals surface area contributed by atoms with Gasteiger partial charge in [-0.2, -0.15) is 5.26 Å². The molecule has 0 saturated carbocycles. The van der Waals surface area contributed by atoms with Crippen molar-refractivity contribution < 1.29 is 4.74 Å². The van der Waals surface area contributed by atoms with E-state index < -0.39 is 0 Å². The average Bonchev–Trinajstić information content (AvgIpc) is 3.14. The predicted molar refractivity (Wildman–Crippen MR) is 94.3 cm³/mol. The van der Waals surface area contributed by atoms with Gasteiger partial charge in [-0.05, 0) is 24.3 Å². The summed E-state index contributed by atoms with van der Waals surface area (Å²) in [4.78, 5) is 7.43. The van der Waals surface area contributed by atoms with Crippen molar-refractivity contribution >= 4 is 5.82 Å². The topological polar surface area (TPSA) is 87.7 Å². The Morgan fingerprint density at radius 1 is 1.25 bits per heavy atom. The molecule has 5 nitrogen and oxygen atoms in total. The summed E-state index contributed by atoms with van der Waals surface area (Å²) in [6.07, 6.45) is 3.49. The molecule has 0 amide bonds. The van der Waals surface area contributed by atoms with Gasteiger partial charge in [0.2, 0.25) is 0 Å². The van der Waals surface area contributed by atoms with Gasteiger partial charge in [-0.3, -0.25) is 0 Å². The lowest BCUT2D eigenvalue weighted by molar-refractivity contribution is 0.364. The van der Waals surface area contributed by atoms with Crippen LogP contribution in [0.5, 0.6) is 5.75 Å². The Kier molecular flexibility index (Phi) is 4.30. The summed E-state index contributed by atoms with van der Waals surface area (Å²) < 4.78 is 5.71. The molecule has 0 spiro atoms. The Bertz CT molecular complexity index is 908. The molecule has 3 rings (SSSR count). The number of para-hydroxylation sites is 1. The molecule has 0 aliphatic rings. The lowest BCUT2D eigenvalue weighted by Gasteiger charge is -2.13. The number of nitrogens with zero attached hydrogens (tertiary/aromatic N) is 2. The number of nitrogen functional groups attached to an aromatic ring is 1. The average molecular weight is 316 g/mol. The van der Waals surface area contributed by atoms with Crippen LogP contribution in [0.1, 0.15) is 5.56 Å². The van der Waals surface area contributed by atoms with E-state index in [1.165, 1.54) is 0 Å². The molecule has 0 aliphatic carbocycles. The minimum atomic E-state index is 0.193. The molecule has 0 bridgehead atoms. The quantitative estimate of drug-likeness (QED) is 0.701. The van der Waals surface area contributed by atoms with Crippen LogP contribution in [0.2, 0.25) is 0 Å². The number of nitrogens with two attached hydrogens (primary N) is 1. The van der Waals surface area contributed by atoms with Gasteiger partial charge in [-0.1, -0.05) is 30.9 Å². The summed E-state index contributed by atoms with van der Waals surface area (Å²) in [6.45, 7) is 4.04. The summed E-state index contributed by atoms with van der Waals surface area (Å²) in [5, 5.41) is 9.51. The minimum absolute atomic E-state index is 0.193. The molecule has 0 atom stereocenters. The molecule has 2 aromatic heterocycles. The number of hydrogen-bond donors (Lipinski definition) is 2. The molecule has 3 N–H and O–H groups in total. The summed E-state index contributed by atoms with van der Waals surface area (Å²) in [7, 11) is 0. The van der Waals surface area contributed by atoms with E-state index in [-0.39, 0.29) is 5.82 Å². The molecule has 24 heavy (non-hydrogen) atoms. The van der Waals surface area contributed by atoms with E-state index in [4.69, 9.17) is 10.5 Å². The zero-order valence-corrected chi connectivity index (χ0v) is 13.0. The van der Waals surface area contributed by atoms with Gasteiger partial charge in [0.25, 0.3) is 0 Å². The number of nitriles is 1. The van der Waals surface area contributed by atoms with Crippen LogP contribution in [0.15, 0.2) is 61.3 Å². The van der Waals surface area contributed by atoms with E-state index >= 15 is 0 Å². The maximum Gasteiger partial charge on any atom is 0.142 e. The highest BCUT2D eigenvalue weighted by atomic mass is 16.5. The van der Waals surface area contributed by atoms with Gasteiger partial charge >= 0.3 is 0 Å². The van der Waals surface area contributed by atoms with Crippen molar-refractivity contribution in [2.24, 2.45) is 0 Å². The van der Waals surface area contributed by atoms with Crippen LogP contribution in [0.25, 0.3) is 22.5 Å². The third-order valence-corrected chi connectivity index (χ3v) is 3.57. The molecule has 2 heterocycles. The first kappa shape index (κ1) is 15.4. The fraction of sp³-hybridized carbons (Fsp3) is 0.0526. The van der Waals surface area contributed by atoms with Crippen LogP contribution in [-0.2, 0) is 0 Å². The van der Waals surface area contributed by atoms with Gasteiger partial charge in [-0.15, -0.1) is 0 Å². The first-order chi connectivity index (χ1) is 11.7. The van der Waals surface area contributed by atoms with Crippen molar-refractivity contribution in [3.05, 3.63) is 66.9 Å². The zero-order chi connectivity index (χ0) is 16.9. The largest absolute Gasteiger partial charge is 0.489 e. The van der Waals surface area contributed by atoms with E-state index in [9.17, 15) is 5.26 Å². The summed E-state index contributed by atoms with van der Waals surface area (Å²) >= 11 is 0. The molecule has 5 heteroatoms. The van der Waals surface area contributed by atoms with Crippen LogP contribution >= 0.6 is 0 Å². The predicted octanol–water partition coefficient (Wildman–Crippen LogP) is 3.76. The monoisotopic (exact) mass is 316 g/mol. The molecule has 0 fully saturated rings. The van der Waals surface area contributed by atoms with Crippen molar-refractivity contribution in [2.45, 2.75) is 0 Å². The number of ether oxygens (including phenoxy) is 1. The van der Waals surface area contributed by atoms with Crippen LogP contribution in [0.3, 0.4) is 0 Å². The molecule has 0 unspecified atom stereocenters.